The molecule has 20 heavy (non-hydrogen) atoms. The zero-order valence-corrected chi connectivity index (χ0v) is 11.7. The normalized spacial score (nSPS) is 12.0. The van der Waals surface area contributed by atoms with Crippen molar-refractivity contribution in [1.29, 1.82) is 0 Å². The summed E-state index contributed by atoms with van der Waals surface area (Å²) in [4.78, 5) is 11.7. The molecule has 2 amide bonds. The van der Waals surface area contributed by atoms with E-state index in [1.54, 1.807) is 6.92 Å². The Hall–Kier alpha value is -1.69. The number of nitrogens with one attached hydrogen (secondary N) is 2. The first kappa shape index (κ1) is 16.4. The second-order valence-electron chi connectivity index (χ2n) is 4.22. The van der Waals surface area contributed by atoms with Crippen LogP contribution < -0.4 is 10.6 Å². The highest BCUT2D eigenvalue weighted by Gasteiger charge is 2.17. The quantitative estimate of drug-likeness (QED) is 0.757. The highest BCUT2D eigenvalue weighted by Crippen LogP contribution is 2.20. The second kappa shape index (κ2) is 8.47. The summed E-state index contributed by atoms with van der Waals surface area (Å²) in [5.74, 6) is -1.06. The minimum atomic E-state index is -0.571. The molecule has 0 saturated heterocycles. The van der Waals surface area contributed by atoms with Gasteiger partial charge in [0, 0.05) is 18.7 Å². The molecule has 0 saturated carbocycles. The Kier molecular flexibility index (Phi) is 6.93. The van der Waals surface area contributed by atoms with Gasteiger partial charge in [0.1, 0.15) is 11.6 Å². The molecule has 1 aromatic rings. The Balaban J connectivity index is 2.58. The molecule has 0 heterocycles. The van der Waals surface area contributed by atoms with Crippen LogP contribution in [0.4, 0.5) is 13.6 Å². The van der Waals surface area contributed by atoms with Gasteiger partial charge in [-0.15, -0.1) is 0 Å². The Labute approximate surface area is 117 Å². The van der Waals surface area contributed by atoms with Gasteiger partial charge in [0.15, 0.2) is 0 Å². The Bertz CT molecular complexity index is 441. The third-order valence-electron chi connectivity index (χ3n) is 2.78. The van der Waals surface area contributed by atoms with Crippen molar-refractivity contribution >= 4 is 6.03 Å². The van der Waals surface area contributed by atoms with Crippen LogP contribution in [0.1, 0.15) is 31.9 Å². The summed E-state index contributed by atoms with van der Waals surface area (Å²) < 4.78 is 31.9. The average Bonchev–Trinajstić information content (AvgIpc) is 2.44. The molecule has 0 radical (unpaired) electrons. The van der Waals surface area contributed by atoms with Gasteiger partial charge in [-0.3, -0.25) is 0 Å². The van der Waals surface area contributed by atoms with Crippen molar-refractivity contribution < 1.29 is 18.3 Å². The molecule has 0 aromatic heterocycles. The standard InChI is InChI=1S/C14H20F2N2O2/c1-3-13(11-9-10(15)5-6-12(11)16)18-14(19)17-7-8-20-4-2/h5-6,9,13H,3-4,7-8H2,1-2H3,(H2,17,18,19)/t13-/m1/s1. The van der Waals surface area contributed by atoms with E-state index >= 15 is 0 Å². The molecule has 1 atom stereocenters. The van der Waals surface area contributed by atoms with Crippen LogP contribution in [0, 0.1) is 11.6 Å². The summed E-state index contributed by atoms with van der Waals surface area (Å²) in [6.45, 7) is 5.00. The number of urea groups is 1. The molecule has 2 N–H and O–H groups in total. The van der Waals surface area contributed by atoms with E-state index in [-0.39, 0.29) is 5.56 Å². The number of ether oxygens (including phenoxy) is 1. The molecule has 0 fully saturated rings. The summed E-state index contributed by atoms with van der Waals surface area (Å²) >= 11 is 0. The Morgan fingerprint density at radius 3 is 2.75 bits per heavy atom. The lowest BCUT2D eigenvalue weighted by Gasteiger charge is -2.18. The van der Waals surface area contributed by atoms with Crippen LogP contribution in [0.25, 0.3) is 0 Å². The fourth-order valence-electron chi connectivity index (χ4n) is 1.77. The first-order chi connectivity index (χ1) is 9.58. The minimum Gasteiger partial charge on any atom is -0.380 e. The van der Waals surface area contributed by atoms with Crippen LogP contribution in [0.15, 0.2) is 18.2 Å². The molecule has 1 aromatic carbocycles. The molecule has 0 aliphatic rings. The number of amides is 2. The third-order valence-corrected chi connectivity index (χ3v) is 2.78. The van der Waals surface area contributed by atoms with Crippen LogP contribution in [0.5, 0.6) is 0 Å². The van der Waals surface area contributed by atoms with Gasteiger partial charge in [-0.2, -0.15) is 0 Å². The maximum atomic E-state index is 13.7. The summed E-state index contributed by atoms with van der Waals surface area (Å²) in [5.41, 5.74) is 0.146. The fraction of sp³-hybridized carbons (Fsp3) is 0.500. The summed E-state index contributed by atoms with van der Waals surface area (Å²) in [7, 11) is 0. The molecule has 0 spiro atoms. The third kappa shape index (κ3) is 5.13. The average molecular weight is 286 g/mol. The fourth-order valence-corrected chi connectivity index (χ4v) is 1.77. The van der Waals surface area contributed by atoms with Gasteiger partial charge < -0.3 is 15.4 Å². The van der Waals surface area contributed by atoms with Gasteiger partial charge in [-0.1, -0.05) is 6.92 Å². The lowest BCUT2D eigenvalue weighted by Crippen LogP contribution is -2.39. The predicted molar refractivity (Wildman–Crippen MR) is 72.4 cm³/mol. The van der Waals surface area contributed by atoms with Crippen molar-refractivity contribution in [1.82, 2.24) is 10.6 Å². The van der Waals surface area contributed by atoms with Crippen LogP contribution in [0.3, 0.4) is 0 Å². The molecule has 1 rings (SSSR count). The zero-order chi connectivity index (χ0) is 15.0. The highest BCUT2D eigenvalue weighted by atomic mass is 19.1. The van der Waals surface area contributed by atoms with E-state index in [1.165, 1.54) is 0 Å². The molecular weight excluding hydrogens is 266 g/mol. The lowest BCUT2D eigenvalue weighted by molar-refractivity contribution is 0.149. The first-order valence-corrected chi connectivity index (χ1v) is 6.65. The van der Waals surface area contributed by atoms with Crippen molar-refractivity contribution in [2.24, 2.45) is 0 Å². The van der Waals surface area contributed by atoms with Gasteiger partial charge in [-0.25, -0.2) is 13.6 Å². The second-order valence-corrected chi connectivity index (χ2v) is 4.22. The van der Waals surface area contributed by atoms with Crippen molar-refractivity contribution in [3.63, 3.8) is 0 Å². The van der Waals surface area contributed by atoms with E-state index in [0.29, 0.717) is 26.2 Å². The molecule has 112 valence electrons. The SMILES string of the molecule is CCOCCNC(=O)N[C@H](CC)c1cc(F)ccc1F. The monoisotopic (exact) mass is 286 g/mol. The molecule has 0 aliphatic heterocycles. The topological polar surface area (TPSA) is 50.4 Å². The maximum Gasteiger partial charge on any atom is 0.315 e. The van der Waals surface area contributed by atoms with Gasteiger partial charge in [0.25, 0.3) is 0 Å². The van der Waals surface area contributed by atoms with Gasteiger partial charge in [0.05, 0.1) is 12.6 Å². The number of carbonyl (C=O) groups excluding carboxylic acids is 1. The number of hydrogen-bond donors (Lipinski definition) is 2. The maximum absolute atomic E-state index is 13.7. The number of carbonyl (C=O) groups is 1. The first-order valence-electron chi connectivity index (χ1n) is 6.65. The van der Waals surface area contributed by atoms with E-state index in [2.05, 4.69) is 10.6 Å². The summed E-state index contributed by atoms with van der Waals surface area (Å²) in [6.07, 6.45) is 0.458. The van der Waals surface area contributed by atoms with E-state index in [1.807, 2.05) is 6.92 Å². The van der Waals surface area contributed by atoms with Crippen molar-refractivity contribution in [2.45, 2.75) is 26.3 Å². The van der Waals surface area contributed by atoms with Crippen molar-refractivity contribution in [2.75, 3.05) is 19.8 Å². The Morgan fingerprint density at radius 1 is 1.35 bits per heavy atom. The van der Waals surface area contributed by atoms with E-state index in [4.69, 9.17) is 4.74 Å². The molecule has 0 aliphatic carbocycles. The molecule has 4 nitrogen and oxygen atoms in total. The molecular formula is C14H20F2N2O2. The van der Waals surface area contributed by atoms with Crippen LogP contribution in [-0.4, -0.2) is 25.8 Å². The lowest BCUT2D eigenvalue weighted by atomic mass is 10.0. The van der Waals surface area contributed by atoms with Crippen molar-refractivity contribution in [3.8, 4) is 0 Å². The molecule has 0 bridgehead atoms. The van der Waals surface area contributed by atoms with Crippen LogP contribution >= 0.6 is 0 Å². The number of hydrogen-bond acceptors (Lipinski definition) is 2. The minimum absolute atomic E-state index is 0.146. The summed E-state index contributed by atoms with van der Waals surface area (Å²) in [5, 5.41) is 5.21. The summed E-state index contributed by atoms with van der Waals surface area (Å²) in [6, 6.07) is 2.21. The Morgan fingerprint density at radius 2 is 2.10 bits per heavy atom. The zero-order valence-electron chi connectivity index (χ0n) is 11.7. The van der Waals surface area contributed by atoms with Gasteiger partial charge >= 0.3 is 6.03 Å². The van der Waals surface area contributed by atoms with Gasteiger partial charge in [0.2, 0.25) is 0 Å². The van der Waals surface area contributed by atoms with Gasteiger partial charge in [-0.05, 0) is 31.5 Å². The van der Waals surface area contributed by atoms with Crippen LogP contribution in [0.2, 0.25) is 0 Å². The predicted octanol–water partition coefficient (Wildman–Crippen LogP) is 2.75. The number of benzene rings is 1. The smallest absolute Gasteiger partial charge is 0.315 e. The highest BCUT2D eigenvalue weighted by molar-refractivity contribution is 5.74. The molecule has 0 unspecified atom stereocenters. The van der Waals surface area contributed by atoms with Crippen molar-refractivity contribution in [3.05, 3.63) is 35.4 Å². The van der Waals surface area contributed by atoms with E-state index in [9.17, 15) is 13.6 Å². The van der Waals surface area contributed by atoms with E-state index < -0.39 is 23.7 Å². The number of halogens is 2. The van der Waals surface area contributed by atoms with E-state index in [0.717, 1.165) is 18.2 Å². The largest absolute Gasteiger partial charge is 0.380 e. The molecule has 6 heteroatoms. The number of rotatable bonds is 7. The van der Waals surface area contributed by atoms with Crippen LogP contribution in [-0.2, 0) is 4.74 Å².